The summed E-state index contributed by atoms with van der Waals surface area (Å²) in [6.07, 6.45) is -4.54. The van der Waals surface area contributed by atoms with Gasteiger partial charge in [0.05, 0.1) is 17.0 Å². The number of hydrogen-bond donors (Lipinski definition) is 1. The van der Waals surface area contributed by atoms with Crippen LogP contribution in [0.1, 0.15) is 33.0 Å². The lowest BCUT2D eigenvalue weighted by Gasteiger charge is -2.13. The Morgan fingerprint density at radius 2 is 1.74 bits per heavy atom. The van der Waals surface area contributed by atoms with Crippen LogP contribution in [-0.2, 0) is 6.18 Å². The van der Waals surface area contributed by atoms with E-state index in [1.165, 1.54) is 28.8 Å². The van der Waals surface area contributed by atoms with Crippen molar-refractivity contribution in [2.75, 3.05) is 5.32 Å². The summed E-state index contributed by atoms with van der Waals surface area (Å²) in [6.45, 7) is 5.16. The molecule has 0 atom stereocenters. The second kappa shape index (κ2) is 7.50. The molecule has 0 fully saturated rings. The summed E-state index contributed by atoms with van der Waals surface area (Å²) in [7, 11) is 0. The number of rotatable bonds is 3. The third kappa shape index (κ3) is 3.86. The van der Waals surface area contributed by atoms with Crippen molar-refractivity contribution in [3.05, 3.63) is 76.7 Å². The summed E-state index contributed by atoms with van der Waals surface area (Å²) in [6, 6.07) is 11.9. The van der Waals surface area contributed by atoms with E-state index in [1.54, 1.807) is 39.0 Å². The molecule has 9 heteroatoms. The van der Waals surface area contributed by atoms with E-state index in [-0.39, 0.29) is 17.0 Å². The maximum absolute atomic E-state index is 13.5. The molecule has 31 heavy (non-hydrogen) atoms. The van der Waals surface area contributed by atoms with Crippen molar-refractivity contribution < 1.29 is 18.0 Å². The zero-order valence-corrected chi connectivity index (χ0v) is 16.9. The van der Waals surface area contributed by atoms with E-state index in [0.717, 1.165) is 11.8 Å². The fraction of sp³-hybridized carbons (Fsp3) is 0.182. The number of nitrogens with one attached hydrogen (secondary N) is 1. The Morgan fingerprint density at radius 3 is 2.45 bits per heavy atom. The van der Waals surface area contributed by atoms with Crippen molar-refractivity contribution in [2.24, 2.45) is 0 Å². The molecule has 1 amide bonds. The van der Waals surface area contributed by atoms with Gasteiger partial charge in [0.2, 0.25) is 0 Å². The number of carbonyl (C=O) groups is 1. The van der Waals surface area contributed by atoms with Gasteiger partial charge in [-0.05, 0) is 50.6 Å². The first-order valence-electron chi connectivity index (χ1n) is 9.44. The number of aromatic nitrogens is 4. The zero-order valence-electron chi connectivity index (χ0n) is 16.9. The van der Waals surface area contributed by atoms with Gasteiger partial charge in [-0.1, -0.05) is 24.3 Å². The van der Waals surface area contributed by atoms with Crippen molar-refractivity contribution in [3.63, 3.8) is 0 Å². The van der Waals surface area contributed by atoms with Crippen LogP contribution in [0.3, 0.4) is 0 Å². The van der Waals surface area contributed by atoms with E-state index in [0.29, 0.717) is 22.7 Å². The van der Waals surface area contributed by atoms with Gasteiger partial charge in [0.15, 0.2) is 11.3 Å². The van der Waals surface area contributed by atoms with Gasteiger partial charge in [0, 0.05) is 11.3 Å². The summed E-state index contributed by atoms with van der Waals surface area (Å²) in [5, 5.41) is 7.06. The molecule has 0 bridgehead atoms. The van der Waals surface area contributed by atoms with E-state index in [9.17, 15) is 18.0 Å². The van der Waals surface area contributed by atoms with Gasteiger partial charge in [-0.3, -0.25) is 4.79 Å². The zero-order chi connectivity index (χ0) is 22.3. The van der Waals surface area contributed by atoms with Crippen LogP contribution in [0.2, 0.25) is 0 Å². The Morgan fingerprint density at radius 1 is 1.00 bits per heavy atom. The molecule has 0 saturated carbocycles. The van der Waals surface area contributed by atoms with Crippen molar-refractivity contribution >= 4 is 17.4 Å². The first-order chi connectivity index (χ1) is 14.6. The molecule has 4 rings (SSSR count). The highest BCUT2D eigenvalue weighted by Gasteiger charge is 2.34. The Balaban J connectivity index is 1.86. The highest BCUT2D eigenvalue weighted by atomic mass is 19.4. The topological polar surface area (TPSA) is 72.2 Å². The summed E-state index contributed by atoms with van der Waals surface area (Å²) in [5.41, 5.74) is 1.48. The molecule has 158 valence electrons. The van der Waals surface area contributed by atoms with E-state index in [2.05, 4.69) is 20.4 Å². The van der Waals surface area contributed by atoms with Crippen LogP contribution in [0.5, 0.6) is 0 Å². The Hall–Kier alpha value is -3.75. The summed E-state index contributed by atoms with van der Waals surface area (Å²) < 4.78 is 41.8. The third-order valence-corrected chi connectivity index (χ3v) is 4.80. The lowest BCUT2D eigenvalue weighted by molar-refractivity contribution is -0.137. The molecule has 1 aromatic carbocycles. The van der Waals surface area contributed by atoms with E-state index < -0.39 is 17.6 Å². The maximum Gasteiger partial charge on any atom is 0.417 e. The van der Waals surface area contributed by atoms with Crippen LogP contribution in [0.25, 0.3) is 16.9 Å². The number of aryl methyl sites for hydroxylation is 3. The van der Waals surface area contributed by atoms with Crippen LogP contribution >= 0.6 is 0 Å². The number of anilines is 1. The summed E-state index contributed by atoms with van der Waals surface area (Å²) >= 11 is 0. The summed E-state index contributed by atoms with van der Waals surface area (Å²) in [5.74, 6) is -0.147. The van der Waals surface area contributed by atoms with Crippen LogP contribution in [-0.4, -0.2) is 25.5 Å². The standard InChI is InChI=1S/C22H18F3N5O/c1-12-11-17(15-8-4-5-9-16(15)22(23,24)25)29-30-19(14(3)27-20(12)30)21(31)28-18-10-6-7-13(2)26-18/h4-11H,1-3H3,(H,26,28,31). The first-order valence-corrected chi connectivity index (χ1v) is 9.44. The number of nitrogens with zero attached hydrogens (tertiary/aromatic N) is 4. The van der Waals surface area contributed by atoms with Gasteiger partial charge in [0.1, 0.15) is 5.82 Å². The lowest BCUT2D eigenvalue weighted by atomic mass is 10.0. The molecule has 3 aromatic heterocycles. The number of hydrogen-bond acceptors (Lipinski definition) is 4. The molecule has 0 spiro atoms. The van der Waals surface area contributed by atoms with Gasteiger partial charge >= 0.3 is 6.18 Å². The third-order valence-electron chi connectivity index (χ3n) is 4.80. The normalized spacial score (nSPS) is 11.7. The van der Waals surface area contributed by atoms with Gasteiger partial charge in [-0.25, -0.2) is 14.5 Å². The average molecular weight is 425 g/mol. The smallest absolute Gasteiger partial charge is 0.305 e. The number of carbonyl (C=O) groups excluding carboxylic acids is 1. The predicted molar refractivity (Wildman–Crippen MR) is 110 cm³/mol. The van der Waals surface area contributed by atoms with Crippen LogP contribution in [0.15, 0.2) is 48.5 Å². The molecule has 6 nitrogen and oxygen atoms in total. The molecule has 0 aliphatic carbocycles. The van der Waals surface area contributed by atoms with E-state index in [4.69, 9.17) is 0 Å². The highest BCUT2D eigenvalue weighted by molar-refractivity contribution is 6.04. The van der Waals surface area contributed by atoms with Crippen molar-refractivity contribution in [2.45, 2.75) is 26.9 Å². The fourth-order valence-corrected chi connectivity index (χ4v) is 3.41. The second-order valence-electron chi connectivity index (χ2n) is 7.16. The molecular formula is C22H18F3N5O. The van der Waals surface area contributed by atoms with Crippen LogP contribution in [0, 0.1) is 20.8 Å². The van der Waals surface area contributed by atoms with Crippen LogP contribution in [0.4, 0.5) is 19.0 Å². The largest absolute Gasteiger partial charge is 0.417 e. The molecule has 0 radical (unpaired) electrons. The minimum absolute atomic E-state index is 0.0712. The molecule has 0 unspecified atom stereocenters. The molecule has 1 N–H and O–H groups in total. The Kier molecular flexibility index (Phi) is 4.96. The van der Waals surface area contributed by atoms with E-state index >= 15 is 0 Å². The lowest BCUT2D eigenvalue weighted by Crippen LogP contribution is -2.18. The molecule has 0 saturated heterocycles. The van der Waals surface area contributed by atoms with Gasteiger partial charge < -0.3 is 5.32 Å². The van der Waals surface area contributed by atoms with Gasteiger partial charge in [-0.15, -0.1) is 0 Å². The minimum Gasteiger partial charge on any atom is -0.305 e. The molecular weight excluding hydrogens is 407 g/mol. The van der Waals surface area contributed by atoms with E-state index in [1.807, 2.05) is 0 Å². The van der Waals surface area contributed by atoms with Gasteiger partial charge in [0.25, 0.3) is 5.91 Å². The molecule has 4 aromatic rings. The number of imidazole rings is 1. The molecule has 0 aliphatic heterocycles. The number of halogens is 3. The number of amides is 1. The number of alkyl halides is 3. The Bertz CT molecular complexity index is 1310. The summed E-state index contributed by atoms with van der Waals surface area (Å²) in [4.78, 5) is 21.6. The highest BCUT2D eigenvalue weighted by Crippen LogP contribution is 2.36. The SMILES string of the molecule is Cc1cccc(NC(=O)c2c(C)nc3c(C)cc(-c4ccccc4C(F)(F)F)nn23)n1. The number of pyridine rings is 1. The predicted octanol–water partition coefficient (Wildman–Crippen LogP) is 4.99. The Labute approximate surface area is 175 Å². The average Bonchev–Trinajstić information content (AvgIpc) is 3.04. The second-order valence-corrected chi connectivity index (χ2v) is 7.16. The fourth-order valence-electron chi connectivity index (χ4n) is 3.41. The maximum atomic E-state index is 13.5. The monoisotopic (exact) mass is 425 g/mol. The van der Waals surface area contributed by atoms with Gasteiger partial charge in [-0.2, -0.15) is 18.3 Å². The molecule has 0 aliphatic rings. The van der Waals surface area contributed by atoms with Crippen molar-refractivity contribution in [1.29, 1.82) is 0 Å². The van der Waals surface area contributed by atoms with Crippen molar-refractivity contribution in [3.8, 4) is 11.3 Å². The molecule has 3 heterocycles. The van der Waals surface area contributed by atoms with Crippen LogP contribution < -0.4 is 5.32 Å². The minimum atomic E-state index is -4.54. The quantitative estimate of drug-likeness (QED) is 0.502. The first kappa shape index (κ1) is 20.5. The number of benzene rings is 1. The number of fused-ring (bicyclic) bond motifs is 1. The van der Waals surface area contributed by atoms with Crippen molar-refractivity contribution in [1.82, 2.24) is 19.6 Å².